The van der Waals surface area contributed by atoms with Crippen LogP contribution in [0, 0.1) is 0 Å². The van der Waals surface area contributed by atoms with Crippen molar-refractivity contribution >= 4 is 22.9 Å². The summed E-state index contributed by atoms with van der Waals surface area (Å²) in [6, 6.07) is 11.5. The molecule has 1 aromatic heterocycles. The quantitative estimate of drug-likeness (QED) is 0.640. The monoisotopic (exact) mass is 243 g/mol. The van der Waals surface area contributed by atoms with Gasteiger partial charge in [0.05, 0.1) is 0 Å². The second-order valence-electron chi connectivity index (χ2n) is 3.66. The van der Waals surface area contributed by atoms with E-state index in [1.165, 1.54) is 0 Å². The van der Waals surface area contributed by atoms with Gasteiger partial charge in [0.25, 0.3) is 0 Å². The number of hydrogen-bond donors (Lipinski definition) is 2. The van der Waals surface area contributed by atoms with E-state index in [1.807, 2.05) is 36.4 Å². The van der Waals surface area contributed by atoms with Crippen molar-refractivity contribution in [3.05, 3.63) is 59.9 Å². The lowest BCUT2D eigenvalue weighted by atomic mass is 10.2. The number of nitrogens with one attached hydrogen (secondary N) is 1. The van der Waals surface area contributed by atoms with Gasteiger partial charge in [0.1, 0.15) is 4.99 Å². The van der Waals surface area contributed by atoms with Gasteiger partial charge in [-0.15, -0.1) is 0 Å². The van der Waals surface area contributed by atoms with Gasteiger partial charge < -0.3 is 11.1 Å². The van der Waals surface area contributed by atoms with Crippen LogP contribution in [0.25, 0.3) is 0 Å². The van der Waals surface area contributed by atoms with E-state index in [2.05, 4.69) is 10.3 Å². The van der Waals surface area contributed by atoms with E-state index < -0.39 is 0 Å². The maximum Gasteiger partial charge on any atom is 0.106 e. The highest BCUT2D eigenvalue weighted by molar-refractivity contribution is 7.80. The molecule has 17 heavy (non-hydrogen) atoms. The van der Waals surface area contributed by atoms with Gasteiger partial charge in [-0.1, -0.05) is 24.4 Å². The van der Waals surface area contributed by atoms with Crippen LogP contribution < -0.4 is 11.1 Å². The zero-order valence-corrected chi connectivity index (χ0v) is 10.1. The van der Waals surface area contributed by atoms with Crippen molar-refractivity contribution in [1.82, 2.24) is 10.3 Å². The average molecular weight is 243 g/mol. The molecule has 0 fully saturated rings. The van der Waals surface area contributed by atoms with E-state index in [4.69, 9.17) is 18.0 Å². The molecule has 0 aliphatic carbocycles. The Hall–Kier alpha value is -1.94. The Morgan fingerprint density at radius 2 is 1.76 bits per heavy atom. The first-order valence-corrected chi connectivity index (χ1v) is 5.69. The van der Waals surface area contributed by atoms with E-state index in [0.29, 0.717) is 6.54 Å². The Labute approximate surface area is 106 Å². The minimum absolute atomic E-state index is 0.696. The summed E-state index contributed by atoms with van der Waals surface area (Å²) in [5.41, 5.74) is 8.52. The lowest BCUT2D eigenvalue weighted by Crippen LogP contribution is -2.21. The van der Waals surface area contributed by atoms with Crippen molar-refractivity contribution in [2.24, 2.45) is 0 Å². The molecule has 0 unspecified atom stereocenters. The summed E-state index contributed by atoms with van der Waals surface area (Å²) in [4.78, 5) is 4.68. The number of nitrogens with two attached hydrogens (primary N) is 1. The molecule has 4 heteroatoms. The molecule has 0 aliphatic heterocycles. The summed E-state index contributed by atoms with van der Waals surface area (Å²) >= 11 is 5.28. The number of nitrogen functional groups attached to an aromatic ring is 1. The van der Waals surface area contributed by atoms with Crippen molar-refractivity contribution in [1.29, 1.82) is 0 Å². The highest BCUT2D eigenvalue weighted by atomic mass is 32.1. The van der Waals surface area contributed by atoms with Gasteiger partial charge in [0.2, 0.25) is 0 Å². The predicted octanol–water partition coefficient (Wildman–Crippen LogP) is 2.13. The lowest BCUT2D eigenvalue weighted by Gasteiger charge is -2.08. The molecule has 0 atom stereocenters. The van der Waals surface area contributed by atoms with Gasteiger partial charge in [0.15, 0.2) is 0 Å². The van der Waals surface area contributed by atoms with Gasteiger partial charge in [-0.2, -0.15) is 0 Å². The second-order valence-corrected chi connectivity index (χ2v) is 4.07. The van der Waals surface area contributed by atoms with Crippen LogP contribution in [0.15, 0.2) is 48.8 Å². The van der Waals surface area contributed by atoms with Gasteiger partial charge in [0, 0.05) is 30.2 Å². The summed E-state index contributed by atoms with van der Waals surface area (Å²) in [7, 11) is 0. The molecule has 0 radical (unpaired) electrons. The van der Waals surface area contributed by atoms with Crippen LogP contribution in [0.4, 0.5) is 5.69 Å². The molecule has 86 valence electrons. The number of thiocarbonyl (C=S) groups is 1. The number of pyridine rings is 1. The number of hydrogen-bond acceptors (Lipinski definition) is 3. The second kappa shape index (κ2) is 5.41. The Bertz CT molecular complexity index is 494. The van der Waals surface area contributed by atoms with Crippen LogP contribution in [0.3, 0.4) is 0 Å². The SMILES string of the molecule is Nc1ccc(CNC(=S)c2ccncc2)cc1. The van der Waals surface area contributed by atoms with Crippen molar-refractivity contribution in [3.8, 4) is 0 Å². The van der Waals surface area contributed by atoms with Crippen LogP contribution in [-0.2, 0) is 6.54 Å². The van der Waals surface area contributed by atoms with Gasteiger partial charge in [-0.3, -0.25) is 4.98 Å². The Morgan fingerprint density at radius 1 is 1.12 bits per heavy atom. The molecule has 0 spiro atoms. The standard InChI is InChI=1S/C13H13N3S/c14-12-3-1-10(2-4-12)9-16-13(17)11-5-7-15-8-6-11/h1-8H,9,14H2,(H,16,17). The van der Waals surface area contributed by atoms with E-state index >= 15 is 0 Å². The zero-order chi connectivity index (χ0) is 12.1. The molecule has 2 aromatic rings. The third-order valence-corrected chi connectivity index (χ3v) is 2.76. The maximum atomic E-state index is 5.62. The van der Waals surface area contributed by atoms with Crippen molar-refractivity contribution in [2.45, 2.75) is 6.54 Å². The summed E-state index contributed by atoms with van der Waals surface area (Å²) in [5.74, 6) is 0. The Balaban J connectivity index is 1.95. The number of aromatic nitrogens is 1. The summed E-state index contributed by atoms with van der Waals surface area (Å²) in [6.07, 6.45) is 3.46. The first-order chi connectivity index (χ1) is 8.25. The first-order valence-electron chi connectivity index (χ1n) is 5.28. The number of rotatable bonds is 3. The van der Waals surface area contributed by atoms with Gasteiger partial charge in [-0.25, -0.2) is 0 Å². The van der Waals surface area contributed by atoms with Crippen molar-refractivity contribution in [2.75, 3.05) is 5.73 Å². The average Bonchev–Trinajstić information content (AvgIpc) is 2.39. The molecule has 2 rings (SSSR count). The molecular weight excluding hydrogens is 230 g/mol. The first kappa shape index (κ1) is 11.5. The van der Waals surface area contributed by atoms with Crippen molar-refractivity contribution < 1.29 is 0 Å². The molecule has 3 nitrogen and oxygen atoms in total. The van der Waals surface area contributed by atoms with Crippen molar-refractivity contribution in [3.63, 3.8) is 0 Å². The molecule has 0 aliphatic rings. The van der Waals surface area contributed by atoms with E-state index in [-0.39, 0.29) is 0 Å². The molecular formula is C13H13N3S. The third kappa shape index (κ3) is 3.26. The molecule has 0 saturated carbocycles. The minimum atomic E-state index is 0.696. The van der Waals surface area contributed by atoms with Crippen LogP contribution >= 0.6 is 12.2 Å². The summed E-state index contributed by atoms with van der Waals surface area (Å²) in [6.45, 7) is 0.696. The summed E-state index contributed by atoms with van der Waals surface area (Å²) in [5, 5.41) is 3.20. The van der Waals surface area contributed by atoms with Gasteiger partial charge >= 0.3 is 0 Å². The Kier molecular flexibility index (Phi) is 3.67. The molecule has 0 saturated heterocycles. The highest BCUT2D eigenvalue weighted by Gasteiger charge is 1.99. The highest BCUT2D eigenvalue weighted by Crippen LogP contribution is 2.05. The molecule has 0 amide bonds. The fourth-order valence-corrected chi connectivity index (χ4v) is 1.63. The Morgan fingerprint density at radius 3 is 2.41 bits per heavy atom. The summed E-state index contributed by atoms with van der Waals surface area (Å²) < 4.78 is 0. The normalized spacial score (nSPS) is 9.88. The minimum Gasteiger partial charge on any atom is -0.399 e. The lowest BCUT2D eigenvalue weighted by molar-refractivity contribution is 0.928. The molecule has 0 bridgehead atoms. The zero-order valence-electron chi connectivity index (χ0n) is 9.26. The third-order valence-electron chi connectivity index (χ3n) is 2.38. The number of anilines is 1. The number of nitrogens with zero attached hydrogens (tertiary/aromatic N) is 1. The fraction of sp³-hybridized carbons (Fsp3) is 0.0769. The smallest absolute Gasteiger partial charge is 0.106 e. The maximum absolute atomic E-state index is 5.62. The van der Waals surface area contributed by atoms with Crippen LogP contribution in [0.5, 0.6) is 0 Å². The fourth-order valence-electron chi connectivity index (χ4n) is 1.42. The van der Waals surface area contributed by atoms with Crippen LogP contribution in [0.1, 0.15) is 11.1 Å². The van der Waals surface area contributed by atoms with E-state index in [0.717, 1.165) is 21.8 Å². The molecule has 3 N–H and O–H groups in total. The largest absolute Gasteiger partial charge is 0.399 e. The van der Waals surface area contributed by atoms with E-state index in [9.17, 15) is 0 Å². The van der Waals surface area contributed by atoms with Crippen LogP contribution in [-0.4, -0.2) is 9.97 Å². The van der Waals surface area contributed by atoms with Crippen LogP contribution in [0.2, 0.25) is 0 Å². The number of benzene rings is 1. The van der Waals surface area contributed by atoms with Gasteiger partial charge in [-0.05, 0) is 29.8 Å². The molecule has 1 heterocycles. The predicted molar refractivity (Wildman–Crippen MR) is 73.6 cm³/mol. The van der Waals surface area contributed by atoms with E-state index in [1.54, 1.807) is 12.4 Å². The topological polar surface area (TPSA) is 50.9 Å². The molecule has 1 aromatic carbocycles.